The standard InChI is InChI=1S/C27H32N2O4S/c1-18(2)20-7-9-21(10-8-20)33-17-23-22-12-15-34-25(22)11-13-28(23)26(30)16-29(19(3)4)27(31)24-6-5-14-32-24/h5-10,12,14-15,18-19,23H,11,13,16-17H2,1-4H3. The molecule has 7 heteroatoms. The number of ether oxygens (including phenoxy) is 1. The van der Waals surface area contributed by atoms with Gasteiger partial charge in [0.15, 0.2) is 5.76 Å². The maximum absolute atomic E-state index is 13.5. The summed E-state index contributed by atoms with van der Waals surface area (Å²) in [6.45, 7) is 9.10. The minimum Gasteiger partial charge on any atom is -0.491 e. The molecule has 3 heterocycles. The number of hydrogen-bond donors (Lipinski definition) is 0. The highest BCUT2D eigenvalue weighted by molar-refractivity contribution is 7.10. The molecule has 4 rings (SSSR count). The van der Waals surface area contributed by atoms with Crippen LogP contribution >= 0.6 is 11.3 Å². The first-order valence-electron chi connectivity index (χ1n) is 11.8. The normalized spacial score (nSPS) is 15.5. The first-order chi connectivity index (χ1) is 16.3. The van der Waals surface area contributed by atoms with Crippen molar-refractivity contribution in [1.82, 2.24) is 9.80 Å². The zero-order valence-corrected chi connectivity index (χ0v) is 21.0. The number of furan rings is 1. The quantitative estimate of drug-likeness (QED) is 0.426. The zero-order valence-electron chi connectivity index (χ0n) is 20.2. The molecule has 1 aromatic carbocycles. The Hall–Kier alpha value is -3.06. The second-order valence-electron chi connectivity index (χ2n) is 9.19. The van der Waals surface area contributed by atoms with E-state index in [4.69, 9.17) is 9.15 Å². The monoisotopic (exact) mass is 480 g/mol. The van der Waals surface area contributed by atoms with Crippen LogP contribution in [0.15, 0.2) is 58.5 Å². The summed E-state index contributed by atoms with van der Waals surface area (Å²) < 4.78 is 11.4. The molecule has 34 heavy (non-hydrogen) atoms. The average Bonchev–Trinajstić information content (AvgIpc) is 3.52. The molecule has 0 fully saturated rings. The van der Waals surface area contributed by atoms with E-state index in [0.29, 0.717) is 19.1 Å². The highest BCUT2D eigenvalue weighted by Gasteiger charge is 2.34. The lowest BCUT2D eigenvalue weighted by atomic mass is 10.00. The van der Waals surface area contributed by atoms with E-state index < -0.39 is 0 Å². The summed E-state index contributed by atoms with van der Waals surface area (Å²) in [5.74, 6) is 1.12. The molecule has 0 saturated carbocycles. The van der Waals surface area contributed by atoms with Crippen LogP contribution in [0.5, 0.6) is 5.75 Å². The van der Waals surface area contributed by atoms with Gasteiger partial charge >= 0.3 is 0 Å². The van der Waals surface area contributed by atoms with E-state index in [1.807, 2.05) is 30.9 Å². The summed E-state index contributed by atoms with van der Waals surface area (Å²) in [6.07, 6.45) is 2.28. The molecule has 2 aromatic heterocycles. The molecule has 1 aliphatic heterocycles. The van der Waals surface area contributed by atoms with Gasteiger partial charge in [0.05, 0.1) is 12.3 Å². The van der Waals surface area contributed by atoms with Gasteiger partial charge in [-0.2, -0.15) is 0 Å². The van der Waals surface area contributed by atoms with Crippen LogP contribution in [0.1, 0.15) is 66.2 Å². The van der Waals surface area contributed by atoms with Crippen molar-refractivity contribution in [2.24, 2.45) is 0 Å². The molecule has 1 aliphatic rings. The number of carbonyl (C=O) groups is 2. The number of benzene rings is 1. The van der Waals surface area contributed by atoms with E-state index in [2.05, 4.69) is 37.4 Å². The zero-order chi connectivity index (χ0) is 24.2. The molecule has 0 saturated heterocycles. The van der Waals surface area contributed by atoms with Crippen molar-refractivity contribution in [3.05, 3.63) is 75.9 Å². The van der Waals surface area contributed by atoms with E-state index in [-0.39, 0.29) is 36.2 Å². The van der Waals surface area contributed by atoms with Gasteiger partial charge in [0, 0.05) is 17.5 Å². The molecule has 2 amide bonds. The van der Waals surface area contributed by atoms with E-state index >= 15 is 0 Å². The molecule has 6 nitrogen and oxygen atoms in total. The van der Waals surface area contributed by atoms with Crippen LogP contribution in [-0.2, 0) is 11.2 Å². The van der Waals surface area contributed by atoms with Crippen molar-refractivity contribution >= 4 is 23.2 Å². The second kappa shape index (κ2) is 10.5. The molecule has 0 bridgehead atoms. The maximum Gasteiger partial charge on any atom is 0.290 e. The van der Waals surface area contributed by atoms with Gasteiger partial charge < -0.3 is 19.0 Å². The summed E-state index contributed by atoms with van der Waals surface area (Å²) in [5.41, 5.74) is 2.40. The average molecular weight is 481 g/mol. The second-order valence-corrected chi connectivity index (χ2v) is 10.2. The van der Waals surface area contributed by atoms with Gasteiger partial charge in [-0.3, -0.25) is 9.59 Å². The molecule has 1 atom stereocenters. The summed E-state index contributed by atoms with van der Waals surface area (Å²) in [4.78, 5) is 31.2. The summed E-state index contributed by atoms with van der Waals surface area (Å²) in [6, 6.07) is 13.2. The number of hydrogen-bond acceptors (Lipinski definition) is 5. The first-order valence-corrected chi connectivity index (χ1v) is 12.7. The number of amides is 2. The summed E-state index contributed by atoms with van der Waals surface area (Å²) in [5, 5.41) is 2.07. The number of rotatable bonds is 8. The van der Waals surface area contributed by atoms with Gasteiger partial charge in [-0.15, -0.1) is 11.3 Å². The van der Waals surface area contributed by atoms with Crippen LogP contribution in [0.4, 0.5) is 0 Å². The molecular formula is C27H32N2O4S. The van der Waals surface area contributed by atoms with Crippen molar-refractivity contribution in [2.75, 3.05) is 19.7 Å². The Morgan fingerprint density at radius 1 is 1.15 bits per heavy atom. The fourth-order valence-corrected chi connectivity index (χ4v) is 5.19. The molecule has 180 valence electrons. The van der Waals surface area contributed by atoms with Crippen molar-refractivity contribution < 1.29 is 18.7 Å². The predicted molar refractivity (Wildman–Crippen MR) is 133 cm³/mol. The molecule has 1 unspecified atom stereocenters. The SMILES string of the molecule is CC(C)c1ccc(OCC2c3ccsc3CCN2C(=O)CN(C(=O)c2ccco2)C(C)C)cc1. The third-order valence-electron chi connectivity index (χ3n) is 6.29. The van der Waals surface area contributed by atoms with Crippen LogP contribution in [0.2, 0.25) is 0 Å². The van der Waals surface area contributed by atoms with Crippen LogP contribution in [0.3, 0.4) is 0 Å². The van der Waals surface area contributed by atoms with Crippen molar-refractivity contribution in [2.45, 2.75) is 52.1 Å². The minimum atomic E-state index is -0.278. The van der Waals surface area contributed by atoms with E-state index in [9.17, 15) is 9.59 Å². The lowest BCUT2D eigenvalue weighted by molar-refractivity contribution is -0.136. The predicted octanol–water partition coefficient (Wildman–Crippen LogP) is 5.52. The first kappa shape index (κ1) is 24.1. The van der Waals surface area contributed by atoms with Gasteiger partial charge in [-0.1, -0.05) is 26.0 Å². The number of carbonyl (C=O) groups excluding carboxylic acids is 2. The molecule has 0 spiro atoms. The van der Waals surface area contributed by atoms with Crippen LogP contribution in [-0.4, -0.2) is 47.4 Å². The highest BCUT2D eigenvalue weighted by Crippen LogP contribution is 2.34. The lowest BCUT2D eigenvalue weighted by Gasteiger charge is -2.37. The Morgan fingerprint density at radius 2 is 1.91 bits per heavy atom. The summed E-state index contributed by atoms with van der Waals surface area (Å²) in [7, 11) is 0. The Morgan fingerprint density at radius 3 is 2.56 bits per heavy atom. The van der Waals surface area contributed by atoms with Gasteiger partial charge in [0.2, 0.25) is 5.91 Å². The van der Waals surface area contributed by atoms with Crippen molar-refractivity contribution in [3.63, 3.8) is 0 Å². The molecule has 0 N–H and O–H groups in total. The summed E-state index contributed by atoms with van der Waals surface area (Å²) >= 11 is 1.72. The van der Waals surface area contributed by atoms with Crippen LogP contribution in [0, 0.1) is 0 Å². The van der Waals surface area contributed by atoms with Crippen molar-refractivity contribution in [3.8, 4) is 5.75 Å². The third kappa shape index (κ3) is 5.20. The lowest BCUT2D eigenvalue weighted by Crippen LogP contribution is -2.49. The smallest absolute Gasteiger partial charge is 0.290 e. The minimum absolute atomic E-state index is 0.00371. The molecule has 3 aromatic rings. The Kier molecular flexibility index (Phi) is 7.41. The fourth-order valence-electron chi connectivity index (χ4n) is 4.27. The van der Waals surface area contributed by atoms with Gasteiger partial charge in [-0.05, 0) is 73.0 Å². The molecule has 0 aliphatic carbocycles. The Balaban J connectivity index is 1.50. The topological polar surface area (TPSA) is 63.0 Å². The van der Waals surface area contributed by atoms with Gasteiger partial charge in [0.25, 0.3) is 5.91 Å². The highest BCUT2D eigenvalue weighted by atomic mass is 32.1. The van der Waals surface area contributed by atoms with Gasteiger partial charge in [-0.25, -0.2) is 0 Å². The van der Waals surface area contributed by atoms with Gasteiger partial charge in [0.1, 0.15) is 18.9 Å². The van der Waals surface area contributed by atoms with Crippen LogP contribution in [0.25, 0.3) is 0 Å². The number of thiophene rings is 1. The Bertz CT molecular complexity index is 1100. The maximum atomic E-state index is 13.5. The van der Waals surface area contributed by atoms with E-state index in [1.165, 1.54) is 16.7 Å². The fraction of sp³-hybridized carbons (Fsp3) is 0.407. The number of fused-ring (bicyclic) bond motifs is 1. The largest absolute Gasteiger partial charge is 0.491 e. The third-order valence-corrected chi connectivity index (χ3v) is 7.29. The van der Waals surface area contributed by atoms with Crippen molar-refractivity contribution in [1.29, 1.82) is 0 Å². The Labute approximate surface area is 205 Å². The molecular weight excluding hydrogens is 448 g/mol. The molecule has 0 radical (unpaired) electrons. The van der Waals surface area contributed by atoms with Crippen LogP contribution < -0.4 is 4.74 Å². The number of nitrogens with zero attached hydrogens (tertiary/aromatic N) is 2. The van der Waals surface area contributed by atoms with E-state index in [1.54, 1.807) is 28.4 Å². The van der Waals surface area contributed by atoms with E-state index in [0.717, 1.165) is 17.7 Å².